The molecular weight excluding hydrogens is 332 g/mol. The minimum absolute atomic E-state index is 0.467. The lowest BCUT2D eigenvalue weighted by atomic mass is 9.45. The smallest absolute Gasteiger partial charge is 0.184 e. The summed E-state index contributed by atoms with van der Waals surface area (Å²) >= 11 is 0. The predicted molar refractivity (Wildman–Crippen MR) is 114 cm³/mol. The highest BCUT2D eigenvalue weighted by atomic mass is 28.4. The van der Waals surface area contributed by atoms with E-state index in [2.05, 4.69) is 40.4 Å². The molecule has 0 heterocycles. The Hall–Kier alpha value is 0.177. The van der Waals surface area contributed by atoms with Crippen molar-refractivity contribution in [3.05, 3.63) is 0 Å². The van der Waals surface area contributed by atoms with Gasteiger partial charge < -0.3 is 4.43 Å². The highest BCUT2D eigenvalue weighted by molar-refractivity contribution is 6.69. The van der Waals surface area contributed by atoms with Gasteiger partial charge in [-0.1, -0.05) is 26.7 Å². The summed E-state index contributed by atoms with van der Waals surface area (Å²) in [6, 6.07) is 0. The van der Waals surface area contributed by atoms with Gasteiger partial charge in [0, 0.05) is 6.10 Å². The summed E-state index contributed by atoms with van der Waals surface area (Å²) < 4.78 is 6.62. The monoisotopic (exact) mass is 376 g/mol. The normalized spacial score (nSPS) is 49.8. The Labute approximate surface area is 164 Å². The minimum Gasteiger partial charge on any atom is -0.415 e. The van der Waals surface area contributed by atoms with Crippen LogP contribution in [0, 0.1) is 40.4 Å². The lowest BCUT2D eigenvalue weighted by Gasteiger charge is -2.61. The van der Waals surface area contributed by atoms with Gasteiger partial charge >= 0.3 is 0 Å². The summed E-state index contributed by atoms with van der Waals surface area (Å²) in [6.07, 6.45) is 15.5. The van der Waals surface area contributed by atoms with Gasteiger partial charge in [-0.05, 0) is 118 Å². The number of hydrogen-bond donors (Lipinski definition) is 0. The standard InChI is InChI=1S/C24H44OSi/c1-17(25-26(4,5)6)20-12-13-21-19-11-10-18-9-7-8-15-23(18,2)22(19)14-16-24(20,21)3/h17-22H,7-16H2,1-6H3/t17-,18-,19?,20+,21?,22?,23-,24+/m0/s1. The second-order valence-electron chi connectivity index (χ2n) is 12.1. The lowest BCUT2D eigenvalue weighted by molar-refractivity contribution is -0.117. The van der Waals surface area contributed by atoms with Gasteiger partial charge in [0.15, 0.2) is 8.32 Å². The summed E-state index contributed by atoms with van der Waals surface area (Å²) in [4.78, 5) is 0. The molecule has 0 saturated heterocycles. The zero-order valence-corrected chi connectivity index (χ0v) is 19.4. The van der Waals surface area contributed by atoms with Crippen LogP contribution >= 0.6 is 0 Å². The van der Waals surface area contributed by atoms with Gasteiger partial charge in [-0.25, -0.2) is 0 Å². The molecule has 0 aromatic carbocycles. The Balaban J connectivity index is 1.54. The van der Waals surface area contributed by atoms with Crippen molar-refractivity contribution in [3.8, 4) is 0 Å². The van der Waals surface area contributed by atoms with Crippen LogP contribution in [0.5, 0.6) is 0 Å². The van der Waals surface area contributed by atoms with Gasteiger partial charge in [0.2, 0.25) is 0 Å². The van der Waals surface area contributed by atoms with Gasteiger partial charge in [-0.3, -0.25) is 0 Å². The van der Waals surface area contributed by atoms with Crippen molar-refractivity contribution in [2.75, 3.05) is 0 Å². The van der Waals surface area contributed by atoms with E-state index in [9.17, 15) is 0 Å². The molecule has 0 amide bonds. The van der Waals surface area contributed by atoms with Crippen molar-refractivity contribution in [2.45, 2.75) is 111 Å². The van der Waals surface area contributed by atoms with Crippen molar-refractivity contribution in [2.24, 2.45) is 40.4 Å². The van der Waals surface area contributed by atoms with Crippen LogP contribution < -0.4 is 0 Å². The van der Waals surface area contributed by atoms with E-state index in [1.165, 1.54) is 57.8 Å². The maximum atomic E-state index is 6.62. The molecule has 4 rings (SSSR count). The van der Waals surface area contributed by atoms with Gasteiger partial charge in [-0.15, -0.1) is 0 Å². The molecular formula is C24H44OSi. The molecule has 3 unspecified atom stereocenters. The number of rotatable bonds is 3. The summed E-state index contributed by atoms with van der Waals surface area (Å²) in [7, 11) is -1.45. The van der Waals surface area contributed by atoms with Crippen molar-refractivity contribution in [1.29, 1.82) is 0 Å². The third-order valence-electron chi connectivity index (χ3n) is 9.76. The van der Waals surface area contributed by atoms with Crippen molar-refractivity contribution in [1.82, 2.24) is 0 Å². The molecule has 0 spiro atoms. The van der Waals surface area contributed by atoms with Crippen LogP contribution in [0.4, 0.5) is 0 Å². The third kappa shape index (κ3) is 3.06. The van der Waals surface area contributed by atoms with E-state index in [4.69, 9.17) is 4.43 Å². The summed E-state index contributed by atoms with van der Waals surface area (Å²) in [6.45, 7) is 14.9. The van der Waals surface area contributed by atoms with E-state index < -0.39 is 8.32 Å². The van der Waals surface area contributed by atoms with E-state index in [1.54, 1.807) is 6.42 Å². The Bertz CT molecular complexity index is 525. The molecule has 0 aromatic heterocycles. The average Bonchev–Trinajstić information content (AvgIpc) is 2.90. The summed E-state index contributed by atoms with van der Waals surface area (Å²) in [5, 5.41) is 0. The van der Waals surface area contributed by atoms with Crippen LogP contribution in [-0.4, -0.2) is 14.4 Å². The fourth-order valence-electron chi connectivity index (χ4n) is 8.75. The Morgan fingerprint density at radius 1 is 0.808 bits per heavy atom. The van der Waals surface area contributed by atoms with Crippen LogP contribution in [0.1, 0.15) is 85.0 Å². The average molecular weight is 377 g/mol. The van der Waals surface area contributed by atoms with E-state index in [1.807, 2.05) is 0 Å². The van der Waals surface area contributed by atoms with Crippen LogP contribution in [0.2, 0.25) is 19.6 Å². The van der Waals surface area contributed by atoms with Gasteiger partial charge in [-0.2, -0.15) is 0 Å². The first-order chi connectivity index (χ1) is 12.2. The summed E-state index contributed by atoms with van der Waals surface area (Å²) in [5.41, 5.74) is 1.24. The first-order valence-corrected chi connectivity index (χ1v) is 15.2. The van der Waals surface area contributed by atoms with Gasteiger partial charge in [0.1, 0.15) is 0 Å². The Morgan fingerprint density at radius 3 is 2.27 bits per heavy atom. The SMILES string of the molecule is C[C@H](O[Si](C)(C)C)[C@H]1CCC2C3CC[C@@H]4CCCC[C@]4(C)C3CC[C@@]21C. The topological polar surface area (TPSA) is 9.23 Å². The molecule has 150 valence electrons. The largest absolute Gasteiger partial charge is 0.415 e. The van der Waals surface area contributed by atoms with Gasteiger partial charge in [0.25, 0.3) is 0 Å². The highest BCUT2D eigenvalue weighted by Gasteiger charge is 2.60. The minimum atomic E-state index is -1.45. The van der Waals surface area contributed by atoms with Crippen molar-refractivity contribution >= 4 is 8.32 Å². The first-order valence-electron chi connectivity index (χ1n) is 11.8. The van der Waals surface area contributed by atoms with Crippen LogP contribution in [0.3, 0.4) is 0 Å². The molecule has 0 aromatic rings. The zero-order valence-electron chi connectivity index (χ0n) is 18.4. The van der Waals surface area contributed by atoms with E-state index in [-0.39, 0.29) is 0 Å². The molecule has 0 radical (unpaired) electrons. The highest BCUT2D eigenvalue weighted by Crippen LogP contribution is 2.67. The van der Waals surface area contributed by atoms with Crippen molar-refractivity contribution < 1.29 is 4.43 Å². The second kappa shape index (κ2) is 6.61. The number of fused-ring (bicyclic) bond motifs is 5. The maximum absolute atomic E-state index is 6.62. The lowest BCUT2D eigenvalue weighted by Crippen LogP contribution is -2.53. The molecule has 0 aliphatic heterocycles. The van der Waals surface area contributed by atoms with E-state index >= 15 is 0 Å². The molecule has 4 saturated carbocycles. The fraction of sp³-hybridized carbons (Fsp3) is 1.00. The predicted octanol–water partition coefficient (Wildman–Crippen LogP) is 7.28. The molecule has 0 bridgehead atoms. The maximum Gasteiger partial charge on any atom is 0.184 e. The first kappa shape index (κ1) is 19.5. The van der Waals surface area contributed by atoms with Gasteiger partial charge in [0.05, 0.1) is 0 Å². The van der Waals surface area contributed by atoms with Crippen molar-refractivity contribution in [3.63, 3.8) is 0 Å². The Morgan fingerprint density at radius 2 is 1.54 bits per heavy atom. The second-order valence-corrected chi connectivity index (χ2v) is 16.5. The molecule has 8 atom stereocenters. The molecule has 1 nitrogen and oxygen atoms in total. The Kier molecular flexibility index (Phi) is 4.96. The quantitative estimate of drug-likeness (QED) is 0.470. The zero-order chi connectivity index (χ0) is 18.7. The fourth-order valence-corrected chi connectivity index (χ4v) is 10.0. The molecule has 4 aliphatic carbocycles. The molecule has 4 fully saturated rings. The van der Waals surface area contributed by atoms with Crippen LogP contribution in [-0.2, 0) is 4.43 Å². The molecule has 4 aliphatic rings. The molecule has 26 heavy (non-hydrogen) atoms. The van der Waals surface area contributed by atoms with Crippen LogP contribution in [0.15, 0.2) is 0 Å². The number of hydrogen-bond acceptors (Lipinski definition) is 1. The third-order valence-corrected chi connectivity index (χ3v) is 10.8. The van der Waals surface area contributed by atoms with Crippen LogP contribution in [0.25, 0.3) is 0 Å². The van der Waals surface area contributed by atoms with E-state index in [0.717, 1.165) is 29.6 Å². The molecule has 2 heteroatoms. The summed E-state index contributed by atoms with van der Waals surface area (Å²) in [5.74, 6) is 4.90. The van der Waals surface area contributed by atoms with E-state index in [0.29, 0.717) is 16.9 Å². The molecule has 0 N–H and O–H groups in total.